The van der Waals surface area contributed by atoms with Crippen molar-refractivity contribution in [1.82, 2.24) is 5.32 Å². The van der Waals surface area contributed by atoms with Gasteiger partial charge >= 0.3 is 0 Å². The predicted octanol–water partition coefficient (Wildman–Crippen LogP) is 3.96. The molecule has 1 N–H and O–H groups in total. The van der Waals surface area contributed by atoms with Crippen LogP contribution in [-0.2, 0) is 0 Å². The third kappa shape index (κ3) is 2.86. The van der Waals surface area contributed by atoms with E-state index < -0.39 is 0 Å². The fourth-order valence-corrected chi connectivity index (χ4v) is 2.80. The first kappa shape index (κ1) is 13.4. The number of nitrogens with one attached hydrogen (secondary N) is 1. The van der Waals surface area contributed by atoms with Crippen LogP contribution in [0.5, 0.6) is 0 Å². The van der Waals surface area contributed by atoms with Crippen LogP contribution in [0.1, 0.15) is 48.5 Å². The fourth-order valence-electron chi connectivity index (χ4n) is 2.63. The molecule has 2 unspecified atom stereocenters. The molecule has 1 aromatic rings. The lowest BCUT2D eigenvalue weighted by atomic mass is 9.86. The largest absolute Gasteiger partial charge is 0.349 e. The minimum Gasteiger partial charge on any atom is -0.349 e. The Morgan fingerprint density at radius 2 is 2.06 bits per heavy atom. The second-order valence-corrected chi connectivity index (χ2v) is 5.66. The molecular formula is C15H20ClNO. The van der Waals surface area contributed by atoms with Crippen molar-refractivity contribution in [2.24, 2.45) is 5.92 Å². The molecule has 0 aliphatic heterocycles. The molecule has 1 aliphatic rings. The van der Waals surface area contributed by atoms with E-state index in [1.54, 1.807) is 0 Å². The normalized spacial score (nSPS) is 23.7. The minimum atomic E-state index is 0.00810. The first-order valence-corrected chi connectivity index (χ1v) is 7.03. The summed E-state index contributed by atoms with van der Waals surface area (Å²) in [5, 5.41) is 3.81. The van der Waals surface area contributed by atoms with E-state index in [1.807, 2.05) is 25.1 Å². The second kappa shape index (κ2) is 5.75. The average Bonchev–Trinajstić information content (AvgIpc) is 2.35. The van der Waals surface area contributed by atoms with Gasteiger partial charge in [0, 0.05) is 16.6 Å². The van der Waals surface area contributed by atoms with Gasteiger partial charge in [-0.25, -0.2) is 0 Å². The second-order valence-electron chi connectivity index (χ2n) is 5.25. The van der Waals surface area contributed by atoms with Gasteiger partial charge in [0.1, 0.15) is 0 Å². The van der Waals surface area contributed by atoms with E-state index in [0.717, 1.165) is 12.0 Å². The highest BCUT2D eigenvalue weighted by atomic mass is 35.5. The summed E-state index contributed by atoms with van der Waals surface area (Å²) in [6.07, 6.45) is 4.79. The van der Waals surface area contributed by atoms with E-state index in [4.69, 9.17) is 11.6 Å². The number of hydrogen-bond acceptors (Lipinski definition) is 1. The highest BCUT2D eigenvalue weighted by molar-refractivity contribution is 6.31. The minimum absolute atomic E-state index is 0.00810. The molecule has 0 bridgehead atoms. The van der Waals surface area contributed by atoms with Crippen LogP contribution in [0.4, 0.5) is 0 Å². The van der Waals surface area contributed by atoms with Crippen LogP contribution in [0.3, 0.4) is 0 Å². The summed E-state index contributed by atoms with van der Waals surface area (Å²) in [6.45, 7) is 4.11. The van der Waals surface area contributed by atoms with Crippen molar-refractivity contribution in [3.8, 4) is 0 Å². The lowest BCUT2D eigenvalue weighted by Crippen LogP contribution is -2.41. The van der Waals surface area contributed by atoms with Gasteiger partial charge in [0.25, 0.3) is 5.91 Å². The Morgan fingerprint density at radius 1 is 1.33 bits per heavy atom. The molecule has 1 aliphatic carbocycles. The number of amides is 1. The van der Waals surface area contributed by atoms with Crippen LogP contribution in [-0.4, -0.2) is 11.9 Å². The maximum absolute atomic E-state index is 12.3. The maximum Gasteiger partial charge on any atom is 0.251 e. The first-order chi connectivity index (χ1) is 8.59. The first-order valence-electron chi connectivity index (χ1n) is 6.65. The number of carbonyl (C=O) groups excluding carboxylic acids is 1. The maximum atomic E-state index is 12.3. The SMILES string of the molecule is Cc1c(Cl)cccc1C(=O)NC1CCCCC1C. The van der Waals surface area contributed by atoms with Crippen LogP contribution in [0.15, 0.2) is 18.2 Å². The number of carbonyl (C=O) groups is 1. The monoisotopic (exact) mass is 265 g/mol. The third-order valence-electron chi connectivity index (χ3n) is 3.94. The molecule has 1 saturated carbocycles. The van der Waals surface area contributed by atoms with E-state index in [0.29, 0.717) is 22.5 Å². The molecule has 18 heavy (non-hydrogen) atoms. The predicted molar refractivity (Wildman–Crippen MR) is 75.1 cm³/mol. The number of hydrogen-bond donors (Lipinski definition) is 1. The Labute approximate surface area is 114 Å². The van der Waals surface area contributed by atoms with Gasteiger partial charge in [0.15, 0.2) is 0 Å². The van der Waals surface area contributed by atoms with Crippen molar-refractivity contribution in [2.45, 2.75) is 45.6 Å². The van der Waals surface area contributed by atoms with Crippen molar-refractivity contribution in [3.63, 3.8) is 0 Å². The topological polar surface area (TPSA) is 29.1 Å². The van der Waals surface area contributed by atoms with Crippen molar-refractivity contribution < 1.29 is 4.79 Å². The lowest BCUT2D eigenvalue weighted by molar-refractivity contribution is 0.0909. The number of benzene rings is 1. The van der Waals surface area contributed by atoms with Gasteiger partial charge in [0.05, 0.1) is 0 Å². The number of rotatable bonds is 2. The van der Waals surface area contributed by atoms with Crippen molar-refractivity contribution in [1.29, 1.82) is 0 Å². The Bertz CT molecular complexity index is 444. The molecule has 98 valence electrons. The van der Waals surface area contributed by atoms with Gasteiger partial charge in [-0.15, -0.1) is 0 Å². The van der Waals surface area contributed by atoms with Crippen molar-refractivity contribution in [2.75, 3.05) is 0 Å². The molecule has 0 saturated heterocycles. The molecular weight excluding hydrogens is 246 g/mol. The van der Waals surface area contributed by atoms with Gasteiger partial charge in [-0.05, 0) is 43.4 Å². The van der Waals surface area contributed by atoms with Crippen molar-refractivity contribution >= 4 is 17.5 Å². The summed E-state index contributed by atoms with van der Waals surface area (Å²) >= 11 is 6.05. The fraction of sp³-hybridized carbons (Fsp3) is 0.533. The Morgan fingerprint density at radius 3 is 2.78 bits per heavy atom. The summed E-state index contributed by atoms with van der Waals surface area (Å²) in [7, 11) is 0. The van der Waals surface area contributed by atoms with E-state index in [2.05, 4.69) is 12.2 Å². The zero-order valence-corrected chi connectivity index (χ0v) is 11.8. The molecule has 1 aromatic carbocycles. The molecule has 0 spiro atoms. The summed E-state index contributed by atoms with van der Waals surface area (Å²) in [5.74, 6) is 0.580. The summed E-state index contributed by atoms with van der Waals surface area (Å²) in [4.78, 5) is 12.3. The van der Waals surface area contributed by atoms with Gasteiger partial charge in [0.2, 0.25) is 0 Å². The smallest absolute Gasteiger partial charge is 0.251 e. The molecule has 0 radical (unpaired) electrons. The molecule has 0 aromatic heterocycles. The van der Waals surface area contributed by atoms with E-state index in [1.165, 1.54) is 19.3 Å². The van der Waals surface area contributed by atoms with Gasteiger partial charge in [-0.2, -0.15) is 0 Å². The Hall–Kier alpha value is -1.02. The summed E-state index contributed by atoms with van der Waals surface area (Å²) < 4.78 is 0. The van der Waals surface area contributed by atoms with Gasteiger partial charge < -0.3 is 5.32 Å². The molecule has 1 amide bonds. The van der Waals surface area contributed by atoms with E-state index >= 15 is 0 Å². The van der Waals surface area contributed by atoms with Crippen LogP contribution < -0.4 is 5.32 Å². The molecule has 2 nitrogen and oxygen atoms in total. The van der Waals surface area contributed by atoms with Gasteiger partial charge in [-0.1, -0.05) is 37.4 Å². The number of halogens is 1. The molecule has 1 fully saturated rings. The zero-order chi connectivity index (χ0) is 13.1. The Kier molecular flexibility index (Phi) is 4.28. The molecule has 3 heteroatoms. The average molecular weight is 266 g/mol. The molecule has 2 rings (SSSR count). The highest BCUT2D eigenvalue weighted by Crippen LogP contribution is 2.25. The van der Waals surface area contributed by atoms with Crippen LogP contribution >= 0.6 is 11.6 Å². The molecule has 2 atom stereocenters. The third-order valence-corrected chi connectivity index (χ3v) is 4.35. The highest BCUT2D eigenvalue weighted by Gasteiger charge is 2.23. The zero-order valence-electron chi connectivity index (χ0n) is 11.0. The quantitative estimate of drug-likeness (QED) is 0.862. The van der Waals surface area contributed by atoms with Crippen LogP contribution in [0, 0.1) is 12.8 Å². The van der Waals surface area contributed by atoms with Crippen molar-refractivity contribution in [3.05, 3.63) is 34.3 Å². The standard InChI is InChI=1S/C15H20ClNO/c1-10-6-3-4-9-14(10)17-15(18)12-7-5-8-13(16)11(12)2/h5,7-8,10,14H,3-4,6,9H2,1-2H3,(H,17,18). The van der Waals surface area contributed by atoms with Crippen LogP contribution in [0.25, 0.3) is 0 Å². The summed E-state index contributed by atoms with van der Waals surface area (Å²) in [6, 6.07) is 5.79. The lowest BCUT2D eigenvalue weighted by Gasteiger charge is -2.29. The van der Waals surface area contributed by atoms with E-state index in [-0.39, 0.29) is 5.91 Å². The van der Waals surface area contributed by atoms with E-state index in [9.17, 15) is 4.79 Å². The van der Waals surface area contributed by atoms with Crippen LogP contribution in [0.2, 0.25) is 5.02 Å². The van der Waals surface area contributed by atoms with Gasteiger partial charge in [-0.3, -0.25) is 4.79 Å². The summed E-state index contributed by atoms with van der Waals surface area (Å²) in [5.41, 5.74) is 1.56. The Balaban J connectivity index is 2.09. The molecule has 0 heterocycles.